The number of carbonyl (C=O) groups is 1. The van der Waals surface area contributed by atoms with Gasteiger partial charge in [0.15, 0.2) is 5.69 Å². The lowest BCUT2D eigenvalue weighted by atomic mass is 10.3. The lowest BCUT2D eigenvalue weighted by molar-refractivity contribution is 0.102. The summed E-state index contributed by atoms with van der Waals surface area (Å²) < 4.78 is 21.4. The molecule has 82 valence electrons. The van der Waals surface area contributed by atoms with Gasteiger partial charge < -0.3 is 5.32 Å². The van der Waals surface area contributed by atoms with Gasteiger partial charge in [-0.05, 0) is 18.2 Å². The summed E-state index contributed by atoms with van der Waals surface area (Å²) in [5.74, 6) is -0.985. The van der Waals surface area contributed by atoms with E-state index in [0.717, 1.165) is 11.7 Å². The van der Waals surface area contributed by atoms with E-state index in [2.05, 4.69) is 30.0 Å². The maximum absolute atomic E-state index is 13.4. The first kappa shape index (κ1) is 11.2. The first-order valence-corrected chi connectivity index (χ1v) is 5.73. The minimum Gasteiger partial charge on any atom is -0.318 e. The normalized spacial score (nSPS) is 10.1. The van der Waals surface area contributed by atoms with E-state index >= 15 is 0 Å². The number of rotatable bonds is 2. The molecule has 0 aliphatic heterocycles. The second-order valence-corrected chi connectivity index (χ2v) is 4.34. The van der Waals surface area contributed by atoms with Crippen LogP contribution in [0.25, 0.3) is 0 Å². The third-order valence-electron chi connectivity index (χ3n) is 1.77. The van der Waals surface area contributed by atoms with Crippen molar-refractivity contribution >= 4 is 39.3 Å². The zero-order chi connectivity index (χ0) is 11.5. The molecule has 0 radical (unpaired) electrons. The Morgan fingerprint density at radius 3 is 2.94 bits per heavy atom. The third kappa shape index (κ3) is 2.42. The first-order valence-electron chi connectivity index (χ1n) is 4.21. The van der Waals surface area contributed by atoms with E-state index in [1.807, 2.05) is 0 Å². The van der Waals surface area contributed by atoms with Crippen LogP contribution < -0.4 is 5.32 Å². The average molecular weight is 302 g/mol. The van der Waals surface area contributed by atoms with E-state index in [4.69, 9.17) is 0 Å². The summed E-state index contributed by atoms with van der Waals surface area (Å²) in [5, 5.41) is 2.41. The topological polar surface area (TPSA) is 54.9 Å². The quantitative estimate of drug-likeness (QED) is 0.928. The molecule has 7 heteroatoms. The highest BCUT2D eigenvalue weighted by Crippen LogP contribution is 2.19. The molecule has 2 rings (SSSR count). The number of hydrogen-bond acceptors (Lipinski definition) is 4. The van der Waals surface area contributed by atoms with Gasteiger partial charge in [0, 0.05) is 4.47 Å². The Kier molecular flexibility index (Phi) is 3.25. The standard InChI is InChI=1S/C9H5BrFN3OS/c10-5-1-2-7(6(11)3-5)13-9(15)8-4-12-16-14-8/h1-4H,(H,13,15). The lowest BCUT2D eigenvalue weighted by Crippen LogP contribution is -2.13. The van der Waals surface area contributed by atoms with Crippen LogP contribution >= 0.6 is 27.7 Å². The molecule has 1 heterocycles. The van der Waals surface area contributed by atoms with Crippen molar-refractivity contribution in [1.82, 2.24) is 8.75 Å². The van der Waals surface area contributed by atoms with Crippen molar-refractivity contribution in [3.8, 4) is 0 Å². The van der Waals surface area contributed by atoms with Crippen LogP contribution in [0.4, 0.5) is 10.1 Å². The molecular weight excluding hydrogens is 297 g/mol. The number of nitrogens with zero attached hydrogens (tertiary/aromatic N) is 2. The molecule has 16 heavy (non-hydrogen) atoms. The lowest BCUT2D eigenvalue weighted by Gasteiger charge is -2.04. The van der Waals surface area contributed by atoms with Crippen LogP contribution in [0.15, 0.2) is 28.9 Å². The van der Waals surface area contributed by atoms with Crippen LogP contribution in [-0.4, -0.2) is 14.7 Å². The molecule has 0 aliphatic carbocycles. The summed E-state index contributed by atoms with van der Waals surface area (Å²) in [7, 11) is 0. The van der Waals surface area contributed by atoms with Gasteiger partial charge in [0.2, 0.25) is 0 Å². The van der Waals surface area contributed by atoms with Crippen molar-refractivity contribution in [3.63, 3.8) is 0 Å². The highest BCUT2D eigenvalue weighted by molar-refractivity contribution is 9.10. The molecule has 0 bridgehead atoms. The molecule has 0 saturated carbocycles. The Bertz CT molecular complexity index is 517. The first-order chi connectivity index (χ1) is 7.66. The number of anilines is 1. The zero-order valence-electron chi connectivity index (χ0n) is 7.78. The molecule has 1 amide bonds. The number of benzene rings is 1. The molecule has 0 atom stereocenters. The van der Waals surface area contributed by atoms with Crippen LogP contribution in [-0.2, 0) is 0 Å². The Labute approximate surface area is 103 Å². The predicted molar refractivity (Wildman–Crippen MR) is 62.0 cm³/mol. The summed E-state index contributed by atoms with van der Waals surface area (Å²) >= 11 is 4.05. The van der Waals surface area contributed by atoms with Crippen molar-refractivity contribution in [2.24, 2.45) is 0 Å². The van der Waals surface area contributed by atoms with Gasteiger partial charge >= 0.3 is 0 Å². The fraction of sp³-hybridized carbons (Fsp3) is 0. The number of halogens is 2. The minimum atomic E-state index is -0.508. The third-order valence-corrected chi connectivity index (χ3v) is 2.74. The Morgan fingerprint density at radius 1 is 1.50 bits per heavy atom. The SMILES string of the molecule is O=C(Nc1ccc(Br)cc1F)c1cnsn1. The number of amides is 1. The van der Waals surface area contributed by atoms with Crippen molar-refractivity contribution in [2.45, 2.75) is 0 Å². The zero-order valence-corrected chi connectivity index (χ0v) is 10.2. The van der Waals surface area contributed by atoms with E-state index in [1.54, 1.807) is 6.07 Å². The van der Waals surface area contributed by atoms with Crippen molar-refractivity contribution in [2.75, 3.05) is 5.32 Å². The minimum absolute atomic E-state index is 0.112. The van der Waals surface area contributed by atoms with E-state index in [-0.39, 0.29) is 11.4 Å². The molecule has 2 aromatic rings. The fourth-order valence-electron chi connectivity index (χ4n) is 1.04. The van der Waals surface area contributed by atoms with Gasteiger partial charge in [-0.1, -0.05) is 15.9 Å². The Balaban J connectivity index is 2.18. The molecular formula is C9H5BrFN3OS. The van der Waals surface area contributed by atoms with Crippen LogP contribution in [0.3, 0.4) is 0 Å². The van der Waals surface area contributed by atoms with Gasteiger partial charge in [-0.3, -0.25) is 4.79 Å². The summed E-state index contributed by atoms with van der Waals surface area (Å²) in [6, 6.07) is 4.38. The van der Waals surface area contributed by atoms with E-state index < -0.39 is 11.7 Å². The Hall–Kier alpha value is -1.34. The van der Waals surface area contributed by atoms with E-state index in [0.29, 0.717) is 4.47 Å². The number of carbonyl (C=O) groups excluding carboxylic acids is 1. The number of aromatic nitrogens is 2. The van der Waals surface area contributed by atoms with Gasteiger partial charge in [-0.2, -0.15) is 8.75 Å². The van der Waals surface area contributed by atoms with Crippen LogP contribution in [0.5, 0.6) is 0 Å². The molecule has 0 fully saturated rings. The monoisotopic (exact) mass is 301 g/mol. The van der Waals surface area contributed by atoms with Gasteiger partial charge in [-0.15, -0.1) is 0 Å². The van der Waals surface area contributed by atoms with E-state index in [1.165, 1.54) is 18.3 Å². The second-order valence-electron chi connectivity index (χ2n) is 2.87. The maximum atomic E-state index is 13.4. The smallest absolute Gasteiger partial charge is 0.277 e. The largest absolute Gasteiger partial charge is 0.318 e. The molecule has 0 aliphatic rings. The summed E-state index contributed by atoms with van der Waals surface area (Å²) in [6.07, 6.45) is 1.33. The van der Waals surface area contributed by atoms with Gasteiger partial charge in [0.05, 0.1) is 23.6 Å². The van der Waals surface area contributed by atoms with Gasteiger partial charge in [0.1, 0.15) is 5.82 Å². The summed E-state index contributed by atoms with van der Waals surface area (Å²) in [4.78, 5) is 11.5. The maximum Gasteiger partial charge on any atom is 0.277 e. The van der Waals surface area contributed by atoms with Crippen molar-refractivity contribution in [1.29, 1.82) is 0 Å². The molecule has 0 spiro atoms. The summed E-state index contributed by atoms with van der Waals surface area (Å²) in [5.41, 5.74) is 0.286. The number of hydrogen-bond donors (Lipinski definition) is 1. The molecule has 1 N–H and O–H groups in total. The predicted octanol–water partition coefficient (Wildman–Crippen LogP) is 2.69. The molecule has 0 saturated heterocycles. The van der Waals surface area contributed by atoms with Crippen LogP contribution in [0, 0.1) is 5.82 Å². The molecule has 4 nitrogen and oxygen atoms in total. The fourth-order valence-corrected chi connectivity index (χ4v) is 1.79. The second kappa shape index (κ2) is 4.67. The van der Waals surface area contributed by atoms with Crippen LogP contribution in [0.2, 0.25) is 0 Å². The molecule has 1 aromatic heterocycles. The van der Waals surface area contributed by atoms with E-state index in [9.17, 15) is 9.18 Å². The molecule has 0 unspecified atom stereocenters. The molecule has 1 aromatic carbocycles. The average Bonchev–Trinajstić information content (AvgIpc) is 2.75. The van der Waals surface area contributed by atoms with Crippen molar-refractivity contribution in [3.05, 3.63) is 40.4 Å². The van der Waals surface area contributed by atoms with Crippen LogP contribution in [0.1, 0.15) is 10.5 Å². The number of nitrogens with one attached hydrogen (secondary N) is 1. The highest BCUT2D eigenvalue weighted by atomic mass is 79.9. The van der Waals surface area contributed by atoms with Gasteiger partial charge in [-0.25, -0.2) is 4.39 Å². The van der Waals surface area contributed by atoms with Crippen molar-refractivity contribution < 1.29 is 9.18 Å². The Morgan fingerprint density at radius 2 is 2.31 bits per heavy atom. The highest BCUT2D eigenvalue weighted by Gasteiger charge is 2.11. The van der Waals surface area contributed by atoms with Gasteiger partial charge in [0.25, 0.3) is 5.91 Å². The summed E-state index contributed by atoms with van der Waals surface area (Å²) in [6.45, 7) is 0.